The molecule has 106 valence electrons. The van der Waals surface area contributed by atoms with Gasteiger partial charge in [-0.1, -0.05) is 23.2 Å². The summed E-state index contributed by atoms with van der Waals surface area (Å²) < 4.78 is 5.66. The molecular weight excluding hydrogens is 315 g/mol. The van der Waals surface area contributed by atoms with E-state index in [2.05, 4.69) is 0 Å². The summed E-state index contributed by atoms with van der Waals surface area (Å²) in [6.45, 7) is 2.62. The van der Waals surface area contributed by atoms with Crippen LogP contribution in [0.25, 0.3) is 0 Å². The van der Waals surface area contributed by atoms with Gasteiger partial charge in [-0.3, -0.25) is 0 Å². The molecule has 0 amide bonds. The van der Waals surface area contributed by atoms with Gasteiger partial charge in [0.15, 0.2) is 0 Å². The van der Waals surface area contributed by atoms with Gasteiger partial charge < -0.3 is 9.84 Å². The van der Waals surface area contributed by atoms with Gasteiger partial charge in [0.25, 0.3) is 0 Å². The van der Waals surface area contributed by atoms with Gasteiger partial charge in [-0.2, -0.15) is 0 Å². The van der Waals surface area contributed by atoms with Crippen LogP contribution in [0.1, 0.15) is 27.7 Å². The predicted octanol–water partition coefficient (Wildman–Crippen LogP) is 4.57. The first-order valence-electron chi connectivity index (χ1n) is 6.42. The van der Waals surface area contributed by atoms with Gasteiger partial charge in [0, 0.05) is 17.9 Å². The lowest BCUT2D eigenvalue weighted by molar-refractivity contribution is 0.181. The van der Waals surface area contributed by atoms with Crippen LogP contribution < -0.4 is 4.74 Å². The average Bonchev–Trinajstić information content (AvgIpc) is 2.97. The molecule has 1 aromatic carbocycles. The van der Waals surface area contributed by atoms with E-state index in [4.69, 9.17) is 27.9 Å². The zero-order valence-corrected chi connectivity index (χ0v) is 13.3. The van der Waals surface area contributed by atoms with Crippen LogP contribution in [-0.2, 0) is 12.8 Å². The molecule has 0 saturated carbocycles. The number of rotatable bonds is 3. The smallest absolute Gasteiger partial charge is 0.126 e. The Morgan fingerprint density at radius 1 is 1.40 bits per heavy atom. The van der Waals surface area contributed by atoms with E-state index in [1.807, 2.05) is 24.4 Å². The number of ether oxygens (including phenoxy) is 1. The van der Waals surface area contributed by atoms with E-state index >= 15 is 0 Å². The SMILES string of the molecule is Cc1csc(C(O)Cc2cc(Cl)cc3c2OCC3)c1Cl. The summed E-state index contributed by atoms with van der Waals surface area (Å²) in [6.07, 6.45) is 0.702. The fourth-order valence-corrected chi connectivity index (χ4v) is 4.04. The van der Waals surface area contributed by atoms with Crippen molar-refractivity contribution in [2.75, 3.05) is 6.61 Å². The number of hydrogen-bond acceptors (Lipinski definition) is 3. The normalized spacial score (nSPS) is 15.0. The molecule has 0 saturated heterocycles. The molecule has 0 aliphatic carbocycles. The molecule has 0 radical (unpaired) electrons. The number of aliphatic hydroxyl groups is 1. The average molecular weight is 329 g/mol. The van der Waals surface area contributed by atoms with Crippen molar-refractivity contribution in [3.8, 4) is 5.75 Å². The van der Waals surface area contributed by atoms with Gasteiger partial charge in [-0.05, 0) is 41.1 Å². The lowest BCUT2D eigenvalue weighted by atomic mass is 10.0. The van der Waals surface area contributed by atoms with Gasteiger partial charge in [0.1, 0.15) is 5.75 Å². The van der Waals surface area contributed by atoms with Gasteiger partial charge in [-0.25, -0.2) is 0 Å². The Hall–Kier alpha value is -0.740. The van der Waals surface area contributed by atoms with Crippen LogP contribution in [0.2, 0.25) is 10.0 Å². The van der Waals surface area contributed by atoms with Crippen LogP contribution in [-0.4, -0.2) is 11.7 Å². The van der Waals surface area contributed by atoms with Gasteiger partial charge in [0.05, 0.1) is 22.6 Å². The van der Waals surface area contributed by atoms with E-state index in [1.54, 1.807) is 0 Å². The first-order chi connectivity index (χ1) is 9.56. The fourth-order valence-electron chi connectivity index (χ4n) is 2.47. The quantitative estimate of drug-likeness (QED) is 0.893. The van der Waals surface area contributed by atoms with Crippen LogP contribution >= 0.6 is 34.5 Å². The summed E-state index contributed by atoms with van der Waals surface area (Å²) in [5.41, 5.74) is 3.06. The summed E-state index contributed by atoms with van der Waals surface area (Å²) in [4.78, 5) is 0.802. The summed E-state index contributed by atoms with van der Waals surface area (Å²) in [5, 5.41) is 13.7. The van der Waals surface area contributed by atoms with E-state index in [-0.39, 0.29) is 0 Å². The molecule has 1 aromatic heterocycles. The van der Waals surface area contributed by atoms with Crippen molar-refractivity contribution in [3.63, 3.8) is 0 Å². The molecular formula is C15H14Cl2O2S. The van der Waals surface area contributed by atoms with E-state index in [9.17, 15) is 5.11 Å². The molecule has 1 unspecified atom stereocenters. The summed E-state index contributed by atoms with van der Waals surface area (Å²) in [7, 11) is 0. The summed E-state index contributed by atoms with van der Waals surface area (Å²) >= 11 is 13.8. The number of halogens is 2. The molecule has 1 N–H and O–H groups in total. The second kappa shape index (κ2) is 5.57. The van der Waals surface area contributed by atoms with Crippen molar-refractivity contribution in [1.29, 1.82) is 0 Å². The third-order valence-electron chi connectivity index (χ3n) is 3.47. The molecule has 1 aliphatic heterocycles. The standard InChI is InChI=1S/C15H14Cl2O2S/c1-8-7-20-15(13(8)17)12(18)6-10-5-11(16)4-9-2-3-19-14(9)10/h4-5,7,12,18H,2-3,6H2,1H3. The van der Waals surface area contributed by atoms with E-state index < -0.39 is 6.10 Å². The Bertz CT molecular complexity index is 652. The number of benzene rings is 1. The van der Waals surface area contributed by atoms with Gasteiger partial charge >= 0.3 is 0 Å². The lowest BCUT2D eigenvalue weighted by Gasteiger charge is -2.13. The van der Waals surface area contributed by atoms with Crippen molar-refractivity contribution < 1.29 is 9.84 Å². The minimum atomic E-state index is -0.632. The molecule has 3 rings (SSSR count). The highest BCUT2D eigenvalue weighted by atomic mass is 35.5. The van der Waals surface area contributed by atoms with Crippen molar-refractivity contribution in [2.24, 2.45) is 0 Å². The van der Waals surface area contributed by atoms with Crippen LogP contribution in [0.5, 0.6) is 5.75 Å². The van der Waals surface area contributed by atoms with E-state index in [1.165, 1.54) is 11.3 Å². The second-order valence-electron chi connectivity index (χ2n) is 4.97. The van der Waals surface area contributed by atoms with Crippen molar-refractivity contribution in [1.82, 2.24) is 0 Å². The summed E-state index contributed by atoms with van der Waals surface area (Å²) in [5.74, 6) is 0.873. The van der Waals surface area contributed by atoms with Crippen LogP contribution in [0, 0.1) is 6.92 Å². The van der Waals surface area contributed by atoms with Crippen LogP contribution in [0.3, 0.4) is 0 Å². The molecule has 2 nitrogen and oxygen atoms in total. The Morgan fingerprint density at radius 3 is 2.90 bits per heavy atom. The first-order valence-corrected chi connectivity index (χ1v) is 8.05. The molecule has 0 spiro atoms. The number of aliphatic hydroxyl groups excluding tert-OH is 1. The number of aryl methyl sites for hydroxylation is 1. The van der Waals surface area contributed by atoms with Crippen LogP contribution in [0.4, 0.5) is 0 Å². The molecule has 20 heavy (non-hydrogen) atoms. The molecule has 0 fully saturated rings. The van der Waals surface area contributed by atoms with E-state index in [0.717, 1.165) is 33.7 Å². The second-order valence-corrected chi connectivity index (χ2v) is 6.69. The maximum Gasteiger partial charge on any atom is 0.126 e. The Labute approximate surface area is 131 Å². The van der Waals surface area contributed by atoms with Crippen molar-refractivity contribution in [2.45, 2.75) is 25.9 Å². The fraction of sp³-hybridized carbons (Fsp3) is 0.333. The van der Waals surface area contributed by atoms with E-state index in [0.29, 0.717) is 23.1 Å². The molecule has 2 heterocycles. The molecule has 2 aromatic rings. The Balaban J connectivity index is 1.90. The monoisotopic (exact) mass is 328 g/mol. The maximum absolute atomic E-state index is 10.4. The lowest BCUT2D eigenvalue weighted by Crippen LogP contribution is -2.02. The van der Waals surface area contributed by atoms with Gasteiger partial charge in [-0.15, -0.1) is 11.3 Å². The number of fused-ring (bicyclic) bond motifs is 1. The maximum atomic E-state index is 10.4. The molecule has 1 aliphatic rings. The number of thiophene rings is 1. The summed E-state index contributed by atoms with van der Waals surface area (Å²) in [6, 6.07) is 3.80. The Kier molecular flexibility index (Phi) is 3.95. The third-order valence-corrected chi connectivity index (χ3v) is 5.50. The minimum Gasteiger partial charge on any atom is -0.493 e. The number of hydrogen-bond donors (Lipinski definition) is 1. The first kappa shape index (κ1) is 14.2. The highest BCUT2D eigenvalue weighted by Gasteiger charge is 2.22. The highest BCUT2D eigenvalue weighted by molar-refractivity contribution is 7.10. The largest absolute Gasteiger partial charge is 0.493 e. The molecule has 0 bridgehead atoms. The molecule has 1 atom stereocenters. The zero-order valence-electron chi connectivity index (χ0n) is 11.0. The predicted molar refractivity (Wildman–Crippen MR) is 83.4 cm³/mol. The topological polar surface area (TPSA) is 29.5 Å². The van der Waals surface area contributed by atoms with Crippen molar-refractivity contribution >= 4 is 34.5 Å². The third kappa shape index (κ3) is 2.56. The highest BCUT2D eigenvalue weighted by Crippen LogP contribution is 2.38. The zero-order chi connectivity index (χ0) is 14.3. The minimum absolute atomic E-state index is 0.461. The molecule has 5 heteroatoms. The van der Waals surface area contributed by atoms with Crippen LogP contribution in [0.15, 0.2) is 17.5 Å². The Morgan fingerprint density at radius 2 is 2.20 bits per heavy atom. The van der Waals surface area contributed by atoms with Gasteiger partial charge in [0.2, 0.25) is 0 Å². The van der Waals surface area contributed by atoms with Crippen molar-refractivity contribution in [3.05, 3.63) is 49.1 Å².